The van der Waals surface area contributed by atoms with E-state index in [-0.39, 0.29) is 5.24 Å². The summed E-state index contributed by atoms with van der Waals surface area (Å²) in [4.78, 5) is 21.6. The number of pyridine rings is 1. The van der Waals surface area contributed by atoms with Crippen LogP contribution in [0, 0.1) is 20.8 Å². The SMILES string of the molecule is CCCc1nc(OC)c(NSC(=O)N2CCN(c3cc(C)cc(C)c3)CC2)cc1C. The second kappa shape index (κ2) is 10.1. The van der Waals surface area contributed by atoms with Crippen LogP contribution in [0.5, 0.6) is 5.88 Å². The van der Waals surface area contributed by atoms with Crippen LogP contribution < -0.4 is 14.4 Å². The van der Waals surface area contributed by atoms with E-state index >= 15 is 0 Å². The number of anilines is 2. The minimum Gasteiger partial charge on any atom is -0.479 e. The van der Waals surface area contributed by atoms with Crippen molar-refractivity contribution in [2.24, 2.45) is 0 Å². The first-order valence-corrected chi connectivity index (χ1v) is 11.3. The van der Waals surface area contributed by atoms with Crippen molar-refractivity contribution >= 4 is 28.6 Å². The molecule has 30 heavy (non-hydrogen) atoms. The lowest BCUT2D eigenvalue weighted by molar-refractivity contribution is 0.219. The fourth-order valence-corrected chi connectivity index (χ4v) is 4.45. The highest BCUT2D eigenvalue weighted by Gasteiger charge is 2.22. The third kappa shape index (κ3) is 5.39. The maximum atomic E-state index is 12.7. The monoisotopic (exact) mass is 428 g/mol. The second-order valence-electron chi connectivity index (χ2n) is 7.85. The molecule has 0 bridgehead atoms. The number of amides is 1. The van der Waals surface area contributed by atoms with Gasteiger partial charge in [-0.15, -0.1) is 0 Å². The molecule has 0 unspecified atom stereocenters. The van der Waals surface area contributed by atoms with Crippen LogP contribution in [0.25, 0.3) is 0 Å². The molecule has 3 rings (SSSR count). The zero-order valence-electron chi connectivity index (χ0n) is 18.6. The van der Waals surface area contributed by atoms with Crippen LogP contribution in [-0.4, -0.2) is 48.4 Å². The topological polar surface area (TPSA) is 57.7 Å². The Labute approximate surface area is 184 Å². The lowest BCUT2D eigenvalue weighted by Crippen LogP contribution is -2.47. The van der Waals surface area contributed by atoms with Crippen molar-refractivity contribution in [2.75, 3.05) is 42.9 Å². The van der Waals surface area contributed by atoms with Gasteiger partial charge in [-0.1, -0.05) is 19.4 Å². The van der Waals surface area contributed by atoms with E-state index < -0.39 is 0 Å². The van der Waals surface area contributed by atoms with E-state index in [4.69, 9.17) is 4.74 Å². The highest BCUT2D eigenvalue weighted by molar-refractivity contribution is 8.14. The zero-order valence-corrected chi connectivity index (χ0v) is 19.4. The van der Waals surface area contributed by atoms with Crippen molar-refractivity contribution in [1.82, 2.24) is 9.88 Å². The molecule has 0 radical (unpaired) electrons. The number of hydrogen-bond acceptors (Lipinski definition) is 6. The Kier molecular flexibility index (Phi) is 7.48. The number of rotatable bonds is 6. The number of hydrogen-bond donors (Lipinski definition) is 1. The number of ether oxygens (including phenoxy) is 1. The molecule has 7 heteroatoms. The van der Waals surface area contributed by atoms with Crippen LogP contribution in [0.15, 0.2) is 24.3 Å². The molecule has 0 spiro atoms. The van der Waals surface area contributed by atoms with Crippen LogP contribution in [0.2, 0.25) is 0 Å². The van der Waals surface area contributed by atoms with E-state index in [0.717, 1.165) is 54.8 Å². The molecule has 0 saturated carbocycles. The fraction of sp³-hybridized carbons (Fsp3) is 0.478. The number of aryl methyl sites for hydroxylation is 4. The van der Waals surface area contributed by atoms with Crippen LogP contribution in [-0.2, 0) is 6.42 Å². The maximum absolute atomic E-state index is 12.7. The minimum absolute atomic E-state index is 0.0208. The maximum Gasteiger partial charge on any atom is 0.302 e. The van der Waals surface area contributed by atoms with Crippen molar-refractivity contribution in [2.45, 2.75) is 40.5 Å². The Morgan fingerprint density at radius 3 is 2.37 bits per heavy atom. The summed E-state index contributed by atoms with van der Waals surface area (Å²) in [7, 11) is 1.61. The molecule has 1 aliphatic rings. The highest BCUT2D eigenvalue weighted by Crippen LogP contribution is 2.29. The zero-order chi connectivity index (χ0) is 21.7. The Hall–Kier alpha value is -2.41. The van der Waals surface area contributed by atoms with Crippen molar-refractivity contribution < 1.29 is 9.53 Å². The summed E-state index contributed by atoms with van der Waals surface area (Å²) in [6, 6.07) is 8.62. The summed E-state index contributed by atoms with van der Waals surface area (Å²) in [5.74, 6) is 0.531. The number of methoxy groups -OCH3 is 1. The molecule has 1 saturated heterocycles. The van der Waals surface area contributed by atoms with E-state index in [9.17, 15) is 4.79 Å². The van der Waals surface area contributed by atoms with Gasteiger partial charge in [-0.05, 0) is 62.1 Å². The van der Waals surface area contributed by atoms with E-state index in [1.807, 2.05) is 17.9 Å². The first-order valence-electron chi connectivity index (χ1n) is 10.5. The van der Waals surface area contributed by atoms with Gasteiger partial charge >= 0.3 is 5.24 Å². The number of benzene rings is 1. The minimum atomic E-state index is 0.0208. The average Bonchev–Trinajstić information content (AvgIpc) is 2.73. The van der Waals surface area contributed by atoms with Crippen molar-refractivity contribution in [3.05, 3.63) is 46.6 Å². The van der Waals surface area contributed by atoms with Gasteiger partial charge in [-0.3, -0.25) is 4.79 Å². The van der Waals surface area contributed by atoms with E-state index in [0.29, 0.717) is 19.0 Å². The van der Waals surface area contributed by atoms with Gasteiger partial charge in [-0.2, -0.15) is 0 Å². The summed E-state index contributed by atoms with van der Waals surface area (Å²) in [6.45, 7) is 11.5. The highest BCUT2D eigenvalue weighted by atomic mass is 32.2. The van der Waals surface area contributed by atoms with E-state index in [1.54, 1.807) is 7.11 Å². The molecule has 2 heterocycles. The number of nitrogens with zero attached hydrogens (tertiary/aromatic N) is 3. The molecule has 1 aliphatic heterocycles. The lowest BCUT2D eigenvalue weighted by Gasteiger charge is -2.36. The van der Waals surface area contributed by atoms with Crippen LogP contribution in [0.3, 0.4) is 0 Å². The summed E-state index contributed by atoms with van der Waals surface area (Å²) in [5, 5.41) is 0.0208. The van der Waals surface area contributed by atoms with Crippen LogP contribution >= 0.6 is 11.9 Å². The standard InChI is InChI=1S/C23H32N4O2S/c1-6-7-20-18(4)15-21(22(24-20)29-5)25-30-23(28)27-10-8-26(9-11-27)19-13-16(2)12-17(3)14-19/h12-15,25H,6-11H2,1-5H3. The third-order valence-electron chi connectivity index (χ3n) is 5.32. The Morgan fingerprint density at radius 2 is 1.77 bits per heavy atom. The van der Waals surface area contributed by atoms with Gasteiger partial charge in [0.2, 0.25) is 5.88 Å². The van der Waals surface area contributed by atoms with Gasteiger partial charge in [0.15, 0.2) is 0 Å². The van der Waals surface area contributed by atoms with Gasteiger partial charge in [0.25, 0.3) is 0 Å². The molecule has 6 nitrogen and oxygen atoms in total. The van der Waals surface area contributed by atoms with Crippen molar-refractivity contribution in [3.8, 4) is 5.88 Å². The molecule has 1 aromatic heterocycles. The molecule has 1 aromatic carbocycles. The molecule has 1 N–H and O–H groups in total. The first kappa shape index (κ1) is 22.3. The number of carbonyl (C=O) groups is 1. The molecular weight excluding hydrogens is 396 g/mol. The van der Waals surface area contributed by atoms with Crippen molar-refractivity contribution in [3.63, 3.8) is 0 Å². The van der Waals surface area contributed by atoms with E-state index in [2.05, 4.69) is 53.6 Å². The predicted molar refractivity (Wildman–Crippen MR) is 126 cm³/mol. The number of nitrogens with one attached hydrogen (secondary N) is 1. The number of carbonyl (C=O) groups excluding carboxylic acids is 1. The normalized spacial score (nSPS) is 14.0. The number of aromatic nitrogens is 1. The second-order valence-corrected chi connectivity index (χ2v) is 8.61. The van der Waals surface area contributed by atoms with Crippen LogP contribution in [0.4, 0.5) is 16.2 Å². The Balaban J connectivity index is 1.57. The predicted octanol–water partition coefficient (Wildman–Crippen LogP) is 4.97. The lowest BCUT2D eigenvalue weighted by atomic mass is 10.1. The van der Waals surface area contributed by atoms with Gasteiger partial charge in [-0.25, -0.2) is 4.98 Å². The van der Waals surface area contributed by atoms with Gasteiger partial charge in [0, 0.05) is 49.5 Å². The fourth-order valence-electron chi connectivity index (χ4n) is 3.79. The molecule has 0 atom stereocenters. The molecular formula is C23H32N4O2S. The molecule has 1 fully saturated rings. The Morgan fingerprint density at radius 1 is 1.10 bits per heavy atom. The van der Waals surface area contributed by atoms with Gasteiger partial charge in [0.1, 0.15) is 5.69 Å². The molecule has 1 amide bonds. The molecule has 0 aliphatic carbocycles. The smallest absolute Gasteiger partial charge is 0.302 e. The summed E-state index contributed by atoms with van der Waals surface area (Å²) in [6.07, 6.45) is 1.95. The van der Waals surface area contributed by atoms with Crippen LogP contribution in [0.1, 0.15) is 35.7 Å². The summed E-state index contributed by atoms with van der Waals surface area (Å²) < 4.78 is 8.58. The average molecular weight is 429 g/mol. The van der Waals surface area contributed by atoms with E-state index in [1.165, 1.54) is 16.8 Å². The van der Waals surface area contributed by atoms with Crippen molar-refractivity contribution in [1.29, 1.82) is 0 Å². The quantitative estimate of drug-likeness (QED) is 0.656. The third-order valence-corrected chi connectivity index (χ3v) is 6.08. The van der Waals surface area contributed by atoms with Gasteiger partial charge < -0.3 is 19.3 Å². The molecule has 162 valence electrons. The Bertz CT molecular complexity index is 875. The summed E-state index contributed by atoms with van der Waals surface area (Å²) in [5.41, 5.74) is 6.66. The summed E-state index contributed by atoms with van der Waals surface area (Å²) >= 11 is 1.09. The first-order chi connectivity index (χ1) is 14.4. The molecule has 2 aromatic rings. The number of piperazine rings is 1. The largest absolute Gasteiger partial charge is 0.479 e. The van der Waals surface area contributed by atoms with Gasteiger partial charge in [0.05, 0.1) is 7.11 Å².